The fourth-order valence-electron chi connectivity index (χ4n) is 1.81. The molecule has 8 heteroatoms. The molecule has 2 aromatic rings. The molecule has 3 N–H and O–H groups in total. The van der Waals surface area contributed by atoms with E-state index < -0.39 is 21.9 Å². The van der Waals surface area contributed by atoms with E-state index in [2.05, 4.69) is 9.82 Å². The average molecular weight is 298 g/mol. The SMILES string of the molecule is CC(Cn1cccn1)NS(=O)(=O)c1cccc(F)c1N. The zero-order chi connectivity index (χ0) is 14.8. The van der Waals surface area contributed by atoms with Crippen LogP contribution in [-0.4, -0.2) is 24.2 Å². The number of sulfonamides is 1. The van der Waals surface area contributed by atoms with Crippen molar-refractivity contribution in [3.05, 3.63) is 42.5 Å². The molecule has 6 nitrogen and oxygen atoms in total. The number of nitrogen functional groups attached to an aromatic ring is 1. The van der Waals surface area contributed by atoms with Crippen LogP contribution in [0.4, 0.5) is 10.1 Å². The molecule has 0 fully saturated rings. The van der Waals surface area contributed by atoms with Gasteiger partial charge in [-0.1, -0.05) is 6.07 Å². The smallest absolute Gasteiger partial charge is 0.243 e. The van der Waals surface area contributed by atoms with E-state index in [9.17, 15) is 12.8 Å². The van der Waals surface area contributed by atoms with Crippen LogP contribution in [0.2, 0.25) is 0 Å². The van der Waals surface area contributed by atoms with Gasteiger partial charge < -0.3 is 5.73 Å². The van der Waals surface area contributed by atoms with Crippen LogP contribution in [0.5, 0.6) is 0 Å². The van der Waals surface area contributed by atoms with Crippen LogP contribution in [0, 0.1) is 5.82 Å². The number of nitrogens with two attached hydrogens (primary N) is 1. The predicted octanol–water partition coefficient (Wildman–Crippen LogP) is 0.971. The van der Waals surface area contributed by atoms with E-state index in [1.165, 1.54) is 12.1 Å². The maximum atomic E-state index is 13.3. The van der Waals surface area contributed by atoms with E-state index in [-0.39, 0.29) is 10.6 Å². The van der Waals surface area contributed by atoms with Crippen LogP contribution in [0.1, 0.15) is 6.92 Å². The molecule has 1 aromatic carbocycles. The number of hydrogen-bond donors (Lipinski definition) is 2. The van der Waals surface area contributed by atoms with Gasteiger partial charge in [-0.2, -0.15) is 5.10 Å². The largest absolute Gasteiger partial charge is 0.395 e. The highest BCUT2D eigenvalue weighted by molar-refractivity contribution is 7.89. The number of anilines is 1. The molecule has 0 amide bonds. The molecule has 0 aliphatic carbocycles. The second kappa shape index (κ2) is 5.59. The number of para-hydroxylation sites is 1. The Morgan fingerprint density at radius 2 is 2.20 bits per heavy atom. The highest BCUT2D eigenvalue weighted by atomic mass is 32.2. The Morgan fingerprint density at radius 3 is 2.85 bits per heavy atom. The molecule has 0 spiro atoms. The van der Waals surface area contributed by atoms with Crippen molar-refractivity contribution in [3.63, 3.8) is 0 Å². The molecule has 1 heterocycles. The van der Waals surface area contributed by atoms with Gasteiger partial charge in [-0.25, -0.2) is 17.5 Å². The Hall–Kier alpha value is -1.93. The zero-order valence-corrected chi connectivity index (χ0v) is 11.6. The number of hydrogen-bond acceptors (Lipinski definition) is 4. The van der Waals surface area contributed by atoms with Crippen LogP contribution in [-0.2, 0) is 16.6 Å². The third-order valence-electron chi connectivity index (χ3n) is 2.68. The number of nitrogens with one attached hydrogen (secondary N) is 1. The third-order valence-corrected chi connectivity index (χ3v) is 4.33. The van der Waals surface area contributed by atoms with E-state index in [1.807, 2.05) is 0 Å². The molecule has 20 heavy (non-hydrogen) atoms. The van der Waals surface area contributed by atoms with E-state index in [1.54, 1.807) is 30.1 Å². The minimum absolute atomic E-state index is 0.259. The maximum Gasteiger partial charge on any atom is 0.243 e. The Labute approximate surface area is 116 Å². The summed E-state index contributed by atoms with van der Waals surface area (Å²) in [5.74, 6) is -0.757. The summed E-state index contributed by atoms with van der Waals surface area (Å²) in [7, 11) is -3.87. The lowest BCUT2D eigenvalue weighted by Gasteiger charge is -2.15. The molecule has 1 atom stereocenters. The van der Waals surface area contributed by atoms with Gasteiger partial charge in [0.15, 0.2) is 0 Å². The molecule has 1 unspecified atom stereocenters. The summed E-state index contributed by atoms with van der Waals surface area (Å²) in [5, 5.41) is 3.99. The van der Waals surface area contributed by atoms with Crippen molar-refractivity contribution in [1.29, 1.82) is 0 Å². The summed E-state index contributed by atoms with van der Waals surface area (Å²) in [6.07, 6.45) is 3.33. The topological polar surface area (TPSA) is 90.0 Å². The van der Waals surface area contributed by atoms with Crippen LogP contribution >= 0.6 is 0 Å². The molecule has 0 saturated carbocycles. The average Bonchev–Trinajstić information content (AvgIpc) is 2.84. The first-order valence-electron chi connectivity index (χ1n) is 5.94. The molecule has 0 bridgehead atoms. The molecular weight excluding hydrogens is 283 g/mol. The highest BCUT2D eigenvalue weighted by Gasteiger charge is 2.21. The first-order chi connectivity index (χ1) is 9.40. The number of rotatable bonds is 5. The summed E-state index contributed by atoms with van der Waals surface area (Å²) in [6, 6.07) is 5.01. The predicted molar refractivity (Wildman–Crippen MR) is 72.8 cm³/mol. The minimum Gasteiger partial charge on any atom is -0.395 e. The summed E-state index contributed by atoms with van der Waals surface area (Å²) >= 11 is 0. The quantitative estimate of drug-likeness (QED) is 0.805. The first kappa shape index (κ1) is 14.5. The van der Waals surface area contributed by atoms with Gasteiger partial charge in [0.05, 0.1) is 12.2 Å². The molecule has 2 rings (SSSR count). The van der Waals surface area contributed by atoms with Gasteiger partial charge in [-0.3, -0.25) is 4.68 Å². The van der Waals surface area contributed by atoms with E-state index in [0.717, 1.165) is 6.07 Å². The van der Waals surface area contributed by atoms with Crippen molar-refractivity contribution in [2.75, 3.05) is 5.73 Å². The Balaban J connectivity index is 2.16. The molecule has 1 aromatic heterocycles. The van der Waals surface area contributed by atoms with Crippen molar-refractivity contribution in [2.24, 2.45) is 0 Å². The Kier molecular flexibility index (Phi) is 4.05. The maximum absolute atomic E-state index is 13.3. The van der Waals surface area contributed by atoms with Crippen molar-refractivity contribution in [1.82, 2.24) is 14.5 Å². The van der Waals surface area contributed by atoms with Gasteiger partial charge in [-0.15, -0.1) is 0 Å². The summed E-state index contributed by atoms with van der Waals surface area (Å²) in [5.41, 5.74) is 5.09. The van der Waals surface area contributed by atoms with Crippen molar-refractivity contribution in [3.8, 4) is 0 Å². The van der Waals surface area contributed by atoms with Gasteiger partial charge in [0, 0.05) is 18.4 Å². The molecule has 0 saturated heterocycles. The molecule has 0 aliphatic heterocycles. The van der Waals surface area contributed by atoms with Gasteiger partial charge in [0.1, 0.15) is 10.7 Å². The van der Waals surface area contributed by atoms with E-state index in [0.29, 0.717) is 6.54 Å². The lowest BCUT2D eigenvalue weighted by atomic mass is 10.3. The first-order valence-corrected chi connectivity index (χ1v) is 7.42. The van der Waals surface area contributed by atoms with Crippen LogP contribution < -0.4 is 10.5 Å². The molecule has 0 radical (unpaired) electrons. The standard InChI is InChI=1S/C12H15FN4O2S/c1-9(8-17-7-3-6-15-17)16-20(18,19)11-5-2-4-10(13)12(11)14/h2-7,9,16H,8,14H2,1H3. The number of nitrogens with zero attached hydrogens (tertiary/aromatic N) is 2. The van der Waals surface area contributed by atoms with Gasteiger partial charge in [0.2, 0.25) is 10.0 Å². The number of halogens is 1. The second-order valence-corrected chi connectivity index (χ2v) is 6.08. The lowest BCUT2D eigenvalue weighted by Crippen LogP contribution is -2.36. The Bertz CT molecular complexity index is 685. The van der Waals surface area contributed by atoms with Crippen LogP contribution in [0.15, 0.2) is 41.6 Å². The molecule has 108 valence electrons. The number of aromatic nitrogens is 2. The van der Waals surface area contributed by atoms with E-state index >= 15 is 0 Å². The fourth-order valence-corrected chi connectivity index (χ4v) is 3.18. The number of benzene rings is 1. The third kappa shape index (κ3) is 3.14. The summed E-state index contributed by atoms with van der Waals surface area (Å²) in [4.78, 5) is -0.259. The van der Waals surface area contributed by atoms with Crippen molar-refractivity contribution >= 4 is 15.7 Å². The zero-order valence-electron chi connectivity index (χ0n) is 10.8. The van der Waals surface area contributed by atoms with Gasteiger partial charge >= 0.3 is 0 Å². The minimum atomic E-state index is -3.87. The summed E-state index contributed by atoms with van der Waals surface area (Å²) < 4.78 is 41.7. The summed E-state index contributed by atoms with van der Waals surface area (Å²) in [6.45, 7) is 2.05. The molecular formula is C12H15FN4O2S. The normalized spacial score (nSPS) is 13.3. The van der Waals surface area contributed by atoms with Gasteiger partial charge in [0.25, 0.3) is 0 Å². The van der Waals surface area contributed by atoms with Gasteiger partial charge in [-0.05, 0) is 25.1 Å². The van der Waals surface area contributed by atoms with Crippen molar-refractivity contribution in [2.45, 2.75) is 24.4 Å². The van der Waals surface area contributed by atoms with Crippen LogP contribution in [0.25, 0.3) is 0 Å². The monoisotopic (exact) mass is 298 g/mol. The highest BCUT2D eigenvalue weighted by Crippen LogP contribution is 2.21. The molecule has 0 aliphatic rings. The second-order valence-electron chi connectivity index (χ2n) is 4.40. The fraction of sp³-hybridized carbons (Fsp3) is 0.250. The van der Waals surface area contributed by atoms with Crippen LogP contribution in [0.3, 0.4) is 0 Å². The lowest BCUT2D eigenvalue weighted by molar-refractivity contribution is 0.493. The van der Waals surface area contributed by atoms with Crippen molar-refractivity contribution < 1.29 is 12.8 Å². The Morgan fingerprint density at radius 1 is 1.45 bits per heavy atom. The van der Waals surface area contributed by atoms with E-state index in [4.69, 9.17) is 5.73 Å².